The lowest BCUT2D eigenvalue weighted by Gasteiger charge is -2.33. The second-order valence-corrected chi connectivity index (χ2v) is 6.23. The average Bonchev–Trinajstić information content (AvgIpc) is 3.33. The molecule has 1 aliphatic carbocycles. The van der Waals surface area contributed by atoms with Crippen LogP contribution in [0.25, 0.3) is 0 Å². The zero-order valence-electron chi connectivity index (χ0n) is 12.2. The molecule has 112 valence electrons. The van der Waals surface area contributed by atoms with Crippen molar-refractivity contribution < 1.29 is 9.59 Å². The highest BCUT2D eigenvalue weighted by Gasteiger charge is 2.40. The fraction of sp³-hybridized carbons (Fsp3) is 0.529. The summed E-state index contributed by atoms with van der Waals surface area (Å²) in [7, 11) is 0. The molecule has 1 aromatic rings. The van der Waals surface area contributed by atoms with Gasteiger partial charge in [0.05, 0.1) is 5.92 Å². The van der Waals surface area contributed by atoms with Gasteiger partial charge in [0, 0.05) is 19.0 Å². The quantitative estimate of drug-likeness (QED) is 0.919. The molecule has 1 aromatic carbocycles. The molecule has 1 heterocycles. The number of hydrogen-bond donors (Lipinski definition) is 1. The number of primary amides is 1. The predicted molar refractivity (Wildman–Crippen MR) is 80.4 cm³/mol. The first-order valence-electron chi connectivity index (χ1n) is 7.80. The number of carbonyl (C=O) groups is 2. The summed E-state index contributed by atoms with van der Waals surface area (Å²) in [5.41, 5.74) is 6.48. The first-order chi connectivity index (χ1) is 10.2. The summed E-state index contributed by atoms with van der Waals surface area (Å²) in [6.45, 7) is 1.31. The Labute approximate surface area is 125 Å². The van der Waals surface area contributed by atoms with Gasteiger partial charge in [0.1, 0.15) is 0 Å². The van der Waals surface area contributed by atoms with Crippen LogP contribution in [0, 0.1) is 11.8 Å². The summed E-state index contributed by atoms with van der Waals surface area (Å²) in [6.07, 6.45) is 3.69. The van der Waals surface area contributed by atoms with Crippen LogP contribution in [0.1, 0.15) is 37.2 Å². The monoisotopic (exact) mass is 286 g/mol. The molecule has 1 unspecified atom stereocenters. The second-order valence-electron chi connectivity index (χ2n) is 6.23. The van der Waals surface area contributed by atoms with Crippen molar-refractivity contribution in [3.05, 3.63) is 35.9 Å². The van der Waals surface area contributed by atoms with Crippen molar-refractivity contribution in [1.29, 1.82) is 0 Å². The number of nitrogens with two attached hydrogens (primary N) is 1. The fourth-order valence-electron chi connectivity index (χ4n) is 3.29. The van der Waals surface area contributed by atoms with Crippen molar-refractivity contribution >= 4 is 11.8 Å². The van der Waals surface area contributed by atoms with Gasteiger partial charge in [-0.15, -0.1) is 0 Å². The van der Waals surface area contributed by atoms with Crippen LogP contribution in [0.4, 0.5) is 0 Å². The van der Waals surface area contributed by atoms with Crippen LogP contribution < -0.4 is 5.73 Å². The predicted octanol–water partition coefficient (Wildman–Crippen LogP) is 1.90. The Morgan fingerprint density at radius 2 is 1.67 bits per heavy atom. The second kappa shape index (κ2) is 5.88. The van der Waals surface area contributed by atoms with Gasteiger partial charge in [0.15, 0.2) is 0 Å². The standard InChI is InChI=1S/C17H22N2O2/c18-16(20)14-8-10-19(11-9-14)17(21)15(13-6-7-13)12-4-2-1-3-5-12/h1-5,13-15H,6-11H2,(H2,18,20). The van der Waals surface area contributed by atoms with Gasteiger partial charge in [-0.3, -0.25) is 9.59 Å². The largest absolute Gasteiger partial charge is 0.369 e. The zero-order valence-corrected chi connectivity index (χ0v) is 12.2. The van der Waals surface area contributed by atoms with Crippen molar-refractivity contribution in [2.24, 2.45) is 17.6 Å². The number of rotatable bonds is 4. The highest BCUT2D eigenvalue weighted by Crippen LogP contribution is 2.43. The van der Waals surface area contributed by atoms with Crippen LogP contribution in [0.5, 0.6) is 0 Å². The van der Waals surface area contributed by atoms with E-state index in [1.807, 2.05) is 23.1 Å². The highest BCUT2D eigenvalue weighted by molar-refractivity contribution is 5.85. The first kappa shape index (κ1) is 14.1. The minimum Gasteiger partial charge on any atom is -0.369 e. The van der Waals surface area contributed by atoms with E-state index in [9.17, 15) is 9.59 Å². The maximum atomic E-state index is 12.9. The number of nitrogens with zero attached hydrogens (tertiary/aromatic N) is 1. The zero-order chi connectivity index (χ0) is 14.8. The van der Waals surface area contributed by atoms with E-state index in [0.717, 1.165) is 18.4 Å². The molecule has 1 saturated carbocycles. The molecule has 4 heteroatoms. The van der Waals surface area contributed by atoms with Crippen LogP contribution in [0.2, 0.25) is 0 Å². The molecule has 1 atom stereocenters. The van der Waals surface area contributed by atoms with E-state index in [1.165, 1.54) is 0 Å². The van der Waals surface area contributed by atoms with E-state index in [0.29, 0.717) is 31.8 Å². The normalized spacial score (nSPS) is 21.0. The first-order valence-corrected chi connectivity index (χ1v) is 7.80. The number of benzene rings is 1. The van der Waals surface area contributed by atoms with Gasteiger partial charge in [-0.1, -0.05) is 30.3 Å². The maximum Gasteiger partial charge on any atom is 0.230 e. The highest BCUT2D eigenvalue weighted by atomic mass is 16.2. The van der Waals surface area contributed by atoms with E-state index in [4.69, 9.17) is 5.73 Å². The third-order valence-corrected chi connectivity index (χ3v) is 4.73. The lowest BCUT2D eigenvalue weighted by molar-refractivity contribution is -0.136. The molecule has 21 heavy (non-hydrogen) atoms. The van der Waals surface area contributed by atoms with Crippen molar-refractivity contribution in [2.75, 3.05) is 13.1 Å². The SMILES string of the molecule is NC(=O)C1CCN(C(=O)C(c2ccccc2)C2CC2)CC1. The number of piperidine rings is 1. The molecular formula is C17H22N2O2. The molecule has 0 bridgehead atoms. The van der Waals surface area contributed by atoms with Crippen molar-refractivity contribution in [3.8, 4) is 0 Å². The molecule has 1 saturated heterocycles. The Kier molecular flexibility index (Phi) is 3.95. The van der Waals surface area contributed by atoms with Crippen molar-refractivity contribution in [1.82, 2.24) is 4.90 Å². The van der Waals surface area contributed by atoms with Crippen LogP contribution in [-0.2, 0) is 9.59 Å². The summed E-state index contributed by atoms with van der Waals surface area (Å²) in [4.78, 5) is 26.0. The van der Waals surface area contributed by atoms with Crippen molar-refractivity contribution in [2.45, 2.75) is 31.6 Å². The lowest BCUT2D eigenvalue weighted by Crippen LogP contribution is -2.44. The molecule has 2 amide bonds. The number of amides is 2. The minimum absolute atomic E-state index is 0.00340. The smallest absolute Gasteiger partial charge is 0.230 e. The van der Waals surface area contributed by atoms with E-state index in [-0.39, 0.29) is 23.7 Å². The van der Waals surface area contributed by atoms with Crippen LogP contribution in [0.3, 0.4) is 0 Å². The van der Waals surface area contributed by atoms with Crippen LogP contribution in [-0.4, -0.2) is 29.8 Å². The van der Waals surface area contributed by atoms with E-state index >= 15 is 0 Å². The Morgan fingerprint density at radius 3 is 2.19 bits per heavy atom. The third kappa shape index (κ3) is 3.09. The molecule has 4 nitrogen and oxygen atoms in total. The van der Waals surface area contributed by atoms with Gasteiger partial charge in [-0.05, 0) is 37.2 Å². The Hall–Kier alpha value is -1.84. The number of likely N-dealkylation sites (tertiary alicyclic amines) is 1. The number of hydrogen-bond acceptors (Lipinski definition) is 2. The summed E-state index contributed by atoms with van der Waals surface area (Å²) < 4.78 is 0. The average molecular weight is 286 g/mol. The molecule has 3 rings (SSSR count). The Morgan fingerprint density at radius 1 is 1.05 bits per heavy atom. The summed E-state index contributed by atoms with van der Waals surface area (Å²) in [5.74, 6) is 0.422. The van der Waals surface area contributed by atoms with Gasteiger partial charge in [0.2, 0.25) is 11.8 Å². The van der Waals surface area contributed by atoms with Gasteiger partial charge in [-0.25, -0.2) is 0 Å². The molecule has 2 aliphatic rings. The molecule has 0 radical (unpaired) electrons. The maximum absolute atomic E-state index is 12.9. The van der Waals surface area contributed by atoms with E-state index in [2.05, 4.69) is 12.1 Å². The Bertz CT molecular complexity index is 517. The van der Waals surface area contributed by atoms with Crippen molar-refractivity contribution in [3.63, 3.8) is 0 Å². The molecular weight excluding hydrogens is 264 g/mol. The van der Waals surface area contributed by atoms with Crippen LogP contribution >= 0.6 is 0 Å². The topological polar surface area (TPSA) is 63.4 Å². The summed E-state index contributed by atoms with van der Waals surface area (Å²) in [6, 6.07) is 10.1. The van der Waals surface area contributed by atoms with Crippen LogP contribution in [0.15, 0.2) is 30.3 Å². The Balaban J connectivity index is 1.70. The molecule has 2 fully saturated rings. The third-order valence-electron chi connectivity index (χ3n) is 4.73. The van der Waals surface area contributed by atoms with Gasteiger partial charge >= 0.3 is 0 Å². The molecule has 2 N–H and O–H groups in total. The summed E-state index contributed by atoms with van der Waals surface area (Å²) in [5, 5.41) is 0. The molecule has 0 spiro atoms. The molecule has 0 aromatic heterocycles. The van der Waals surface area contributed by atoms with E-state index < -0.39 is 0 Å². The minimum atomic E-state index is -0.232. The lowest BCUT2D eigenvalue weighted by atomic mass is 9.90. The van der Waals surface area contributed by atoms with Gasteiger partial charge in [-0.2, -0.15) is 0 Å². The number of carbonyl (C=O) groups excluding carboxylic acids is 2. The fourth-order valence-corrected chi connectivity index (χ4v) is 3.29. The van der Waals surface area contributed by atoms with Gasteiger partial charge in [0.25, 0.3) is 0 Å². The van der Waals surface area contributed by atoms with Gasteiger partial charge < -0.3 is 10.6 Å². The summed E-state index contributed by atoms with van der Waals surface area (Å²) >= 11 is 0. The van der Waals surface area contributed by atoms with E-state index in [1.54, 1.807) is 0 Å². The molecule has 1 aliphatic heterocycles.